The number of ether oxygens (including phenoxy) is 1. The quantitative estimate of drug-likeness (QED) is 0.855. The van der Waals surface area contributed by atoms with Gasteiger partial charge in [0.25, 0.3) is 0 Å². The number of rotatable bonds is 4. The van der Waals surface area contributed by atoms with Gasteiger partial charge in [-0.25, -0.2) is 0 Å². The van der Waals surface area contributed by atoms with Crippen molar-refractivity contribution >= 4 is 34.5 Å². The highest BCUT2D eigenvalue weighted by atomic mass is 35.5. The van der Waals surface area contributed by atoms with Crippen LogP contribution in [0.15, 0.2) is 24.3 Å². The highest BCUT2D eigenvalue weighted by Gasteiger charge is 2.03. The zero-order valence-electron chi connectivity index (χ0n) is 8.19. The maximum Gasteiger partial charge on any atom is 0.207 e. The van der Waals surface area contributed by atoms with Crippen molar-refractivity contribution < 1.29 is 4.74 Å². The van der Waals surface area contributed by atoms with Gasteiger partial charge in [0.15, 0.2) is 0 Å². The number of hydrogen-bond acceptors (Lipinski definition) is 4. The first-order chi connectivity index (χ1) is 7.75. The van der Waals surface area contributed by atoms with Crippen molar-refractivity contribution in [2.75, 3.05) is 0 Å². The van der Waals surface area contributed by atoms with Crippen molar-refractivity contribution in [2.24, 2.45) is 0 Å². The van der Waals surface area contributed by atoms with Crippen LogP contribution in [0.4, 0.5) is 0 Å². The monoisotopic (exact) mass is 274 g/mol. The van der Waals surface area contributed by atoms with Crippen LogP contribution in [0.5, 0.6) is 0 Å². The van der Waals surface area contributed by atoms with Crippen LogP contribution in [0.25, 0.3) is 0 Å². The van der Waals surface area contributed by atoms with Crippen LogP contribution in [0.1, 0.15) is 10.6 Å². The summed E-state index contributed by atoms with van der Waals surface area (Å²) in [5.74, 6) is 0. The number of halogens is 2. The second-order valence-corrected chi connectivity index (χ2v) is 5.08. The van der Waals surface area contributed by atoms with Crippen LogP contribution in [0.2, 0.25) is 9.49 Å². The van der Waals surface area contributed by atoms with Crippen molar-refractivity contribution in [3.8, 4) is 0 Å². The molecule has 0 aliphatic carbocycles. The van der Waals surface area contributed by atoms with Gasteiger partial charge in [0.2, 0.25) is 4.47 Å². The first-order valence-corrected chi connectivity index (χ1v) is 6.12. The molecule has 6 heteroatoms. The molecule has 2 rings (SSSR count). The fourth-order valence-corrected chi connectivity index (χ4v) is 2.15. The predicted octanol–water partition coefficient (Wildman–Crippen LogP) is 3.56. The predicted molar refractivity (Wildman–Crippen MR) is 64.9 cm³/mol. The second kappa shape index (κ2) is 5.59. The molecule has 0 fully saturated rings. The average Bonchev–Trinajstić information content (AvgIpc) is 2.67. The van der Waals surface area contributed by atoms with Crippen LogP contribution < -0.4 is 0 Å². The second-order valence-electron chi connectivity index (χ2n) is 3.03. The normalized spacial score (nSPS) is 10.6. The van der Waals surface area contributed by atoms with Crippen LogP contribution in [-0.2, 0) is 18.0 Å². The van der Waals surface area contributed by atoms with Gasteiger partial charge in [-0.05, 0) is 23.2 Å². The Kier molecular flexibility index (Phi) is 4.12. The third kappa shape index (κ3) is 3.15. The molecule has 0 saturated carbocycles. The summed E-state index contributed by atoms with van der Waals surface area (Å²) < 4.78 is 5.89. The molecule has 1 aromatic carbocycles. The maximum atomic E-state index is 5.98. The fourth-order valence-electron chi connectivity index (χ4n) is 1.16. The van der Waals surface area contributed by atoms with Gasteiger partial charge in [-0.2, -0.15) is 0 Å². The minimum absolute atomic E-state index is 0.398. The highest BCUT2D eigenvalue weighted by molar-refractivity contribution is 7.15. The molecule has 0 atom stereocenters. The minimum Gasteiger partial charge on any atom is -0.369 e. The standard InChI is InChI=1S/C10H8Cl2N2OS/c11-8-4-2-1-3-7(8)5-15-6-9-13-14-10(12)16-9/h1-4H,5-6H2. The van der Waals surface area contributed by atoms with Crippen molar-refractivity contribution in [1.82, 2.24) is 10.2 Å². The summed E-state index contributed by atoms with van der Waals surface area (Å²) in [6.45, 7) is 0.854. The van der Waals surface area contributed by atoms with Crippen LogP contribution in [0.3, 0.4) is 0 Å². The molecule has 0 aliphatic heterocycles. The van der Waals surface area contributed by atoms with Crippen LogP contribution >= 0.6 is 34.5 Å². The van der Waals surface area contributed by atoms with Gasteiger partial charge in [-0.3, -0.25) is 0 Å². The van der Waals surface area contributed by atoms with E-state index in [4.69, 9.17) is 27.9 Å². The van der Waals surface area contributed by atoms with E-state index in [-0.39, 0.29) is 0 Å². The lowest BCUT2D eigenvalue weighted by Gasteiger charge is -2.03. The molecular formula is C10H8Cl2N2OS. The maximum absolute atomic E-state index is 5.98. The molecule has 2 aromatic rings. The largest absolute Gasteiger partial charge is 0.369 e. The molecule has 0 N–H and O–H groups in total. The number of aromatic nitrogens is 2. The lowest BCUT2D eigenvalue weighted by atomic mass is 10.2. The van der Waals surface area contributed by atoms with Gasteiger partial charge < -0.3 is 4.74 Å². The van der Waals surface area contributed by atoms with Crippen molar-refractivity contribution in [3.05, 3.63) is 44.3 Å². The zero-order chi connectivity index (χ0) is 11.4. The van der Waals surface area contributed by atoms with Gasteiger partial charge in [-0.15, -0.1) is 10.2 Å². The summed E-state index contributed by atoms with van der Waals surface area (Å²) in [7, 11) is 0. The minimum atomic E-state index is 0.398. The summed E-state index contributed by atoms with van der Waals surface area (Å²) in [6.07, 6.45) is 0. The molecule has 0 amide bonds. The molecule has 0 unspecified atom stereocenters. The van der Waals surface area contributed by atoms with E-state index in [1.54, 1.807) is 0 Å². The molecule has 0 bridgehead atoms. The van der Waals surface area contributed by atoms with Gasteiger partial charge >= 0.3 is 0 Å². The van der Waals surface area contributed by atoms with Gasteiger partial charge in [-0.1, -0.05) is 41.1 Å². The Morgan fingerprint density at radius 2 is 1.94 bits per heavy atom. The SMILES string of the molecule is Clc1nnc(COCc2ccccc2Cl)s1. The average molecular weight is 275 g/mol. The molecule has 84 valence electrons. The summed E-state index contributed by atoms with van der Waals surface area (Å²) in [5.41, 5.74) is 0.958. The van der Waals surface area contributed by atoms with E-state index in [2.05, 4.69) is 10.2 Å². The topological polar surface area (TPSA) is 35.0 Å². The van der Waals surface area contributed by atoms with E-state index in [9.17, 15) is 0 Å². The van der Waals surface area contributed by atoms with Crippen molar-refractivity contribution in [2.45, 2.75) is 13.2 Å². The Hall–Kier alpha value is -0.680. The Bertz CT molecular complexity index is 475. The Balaban J connectivity index is 1.87. The van der Waals surface area contributed by atoms with E-state index in [1.807, 2.05) is 24.3 Å². The summed E-state index contributed by atoms with van der Waals surface area (Å²) >= 11 is 12.9. The lowest BCUT2D eigenvalue weighted by molar-refractivity contribution is 0.106. The van der Waals surface area contributed by atoms with Gasteiger partial charge in [0.1, 0.15) is 11.6 Å². The zero-order valence-corrected chi connectivity index (χ0v) is 10.5. The van der Waals surface area contributed by atoms with Gasteiger partial charge in [0.05, 0.1) is 6.61 Å². The molecule has 1 heterocycles. The van der Waals surface area contributed by atoms with E-state index in [0.717, 1.165) is 10.6 Å². The van der Waals surface area contributed by atoms with E-state index in [1.165, 1.54) is 11.3 Å². The third-order valence-corrected chi connectivity index (χ3v) is 3.24. The fraction of sp³-hybridized carbons (Fsp3) is 0.200. The molecule has 0 spiro atoms. The first-order valence-electron chi connectivity index (χ1n) is 4.55. The molecule has 0 aliphatic rings. The van der Waals surface area contributed by atoms with Crippen LogP contribution in [-0.4, -0.2) is 10.2 Å². The number of nitrogens with zero attached hydrogens (tertiary/aromatic N) is 2. The van der Waals surface area contributed by atoms with Crippen molar-refractivity contribution in [1.29, 1.82) is 0 Å². The summed E-state index contributed by atoms with van der Waals surface area (Å²) in [5, 5.41) is 9.00. The smallest absolute Gasteiger partial charge is 0.207 e. The Morgan fingerprint density at radius 1 is 1.12 bits per heavy atom. The number of hydrogen-bond donors (Lipinski definition) is 0. The first kappa shape index (κ1) is 11.8. The van der Waals surface area contributed by atoms with E-state index < -0.39 is 0 Å². The number of benzene rings is 1. The molecule has 0 radical (unpaired) electrons. The van der Waals surface area contributed by atoms with Crippen LogP contribution in [0, 0.1) is 0 Å². The molecule has 3 nitrogen and oxygen atoms in total. The molecule has 16 heavy (non-hydrogen) atoms. The molecule has 0 saturated heterocycles. The highest BCUT2D eigenvalue weighted by Crippen LogP contribution is 2.18. The summed E-state index contributed by atoms with van der Waals surface area (Å²) in [6, 6.07) is 7.57. The lowest BCUT2D eigenvalue weighted by Crippen LogP contribution is -1.94. The van der Waals surface area contributed by atoms with Crippen molar-refractivity contribution in [3.63, 3.8) is 0 Å². The third-order valence-electron chi connectivity index (χ3n) is 1.88. The van der Waals surface area contributed by atoms with E-state index in [0.29, 0.717) is 22.7 Å². The molecular weight excluding hydrogens is 267 g/mol. The summed E-state index contributed by atoms with van der Waals surface area (Å²) in [4.78, 5) is 0. The van der Waals surface area contributed by atoms with Gasteiger partial charge in [0, 0.05) is 5.02 Å². The Labute approximate surface area is 107 Å². The Morgan fingerprint density at radius 3 is 2.62 bits per heavy atom. The molecule has 1 aromatic heterocycles. The van der Waals surface area contributed by atoms with E-state index >= 15 is 0 Å².